The molecule has 0 saturated heterocycles. The monoisotopic (exact) mass is 334 g/mol. The number of hydrogen-bond donors (Lipinski definition) is 0. The lowest BCUT2D eigenvalue weighted by Crippen LogP contribution is -2.07. The van der Waals surface area contributed by atoms with Gasteiger partial charge in [0, 0.05) is 17.0 Å². The molecule has 0 spiro atoms. The highest BCUT2D eigenvalue weighted by atomic mass is 35.5. The maximum Gasteiger partial charge on any atom is 0.251 e. The number of halogens is 1. The molecule has 0 radical (unpaired) electrons. The quantitative estimate of drug-likeness (QED) is 0.547. The van der Waals surface area contributed by atoms with Gasteiger partial charge in [0.15, 0.2) is 0 Å². The minimum absolute atomic E-state index is 0.454. The van der Waals surface area contributed by atoms with Crippen LogP contribution in [-0.2, 0) is 10.5 Å². The van der Waals surface area contributed by atoms with E-state index in [0.717, 1.165) is 16.5 Å². The number of benzene rings is 1. The van der Waals surface area contributed by atoms with Crippen molar-refractivity contribution in [3.05, 3.63) is 59.4 Å². The number of aliphatic imine (C=N–C) groups is 1. The third kappa shape index (κ3) is 6.08. The van der Waals surface area contributed by atoms with Gasteiger partial charge in [-0.15, -0.1) is 0 Å². The normalized spacial score (nSPS) is 11.7. The molecule has 1 aromatic carbocycles. The molecule has 0 aliphatic rings. The second kappa shape index (κ2) is 8.81. The van der Waals surface area contributed by atoms with Gasteiger partial charge >= 0.3 is 0 Å². The average Bonchev–Trinajstić information content (AvgIpc) is 2.52. The van der Waals surface area contributed by atoms with E-state index in [2.05, 4.69) is 23.8 Å². The van der Waals surface area contributed by atoms with E-state index in [-0.39, 0.29) is 0 Å². The lowest BCUT2D eigenvalue weighted by atomic mass is 10.2. The van der Waals surface area contributed by atoms with Crippen molar-refractivity contribution >= 4 is 34.3 Å². The Kier molecular flexibility index (Phi) is 6.74. The minimum Gasteiger partial charge on any atom is -0.473 e. The van der Waals surface area contributed by atoms with Crippen molar-refractivity contribution in [1.82, 2.24) is 4.98 Å². The average molecular weight is 335 g/mol. The van der Waals surface area contributed by atoms with Crippen molar-refractivity contribution in [3.63, 3.8) is 0 Å². The first-order chi connectivity index (χ1) is 10.6. The van der Waals surface area contributed by atoms with Crippen LogP contribution in [0.15, 0.2) is 53.8 Å². The van der Waals surface area contributed by atoms with Gasteiger partial charge in [-0.1, -0.05) is 49.3 Å². The van der Waals surface area contributed by atoms with Crippen LogP contribution in [0.25, 0.3) is 0 Å². The third-order valence-electron chi connectivity index (χ3n) is 2.68. The summed E-state index contributed by atoms with van der Waals surface area (Å²) >= 11 is 7.48. The van der Waals surface area contributed by atoms with Crippen LogP contribution in [-0.4, -0.2) is 16.8 Å². The van der Waals surface area contributed by atoms with Crippen LogP contribution in [0.2, 0.25) is 5.02 Å². The topological polar surface area (TPSA) is 34.5 Å². The Labute approximate surface area is 140 Å². The fourth-order valence-corrected chi connectivity index (χ4v) is 2.53. The molecule has 0 aliphatic heterocycles. The third-order valence-corrected chi connectivity index (χ3v) is 3.87. The SMILES string of the molecule is CC(C)COC(=Nc1cccnc1)SCc1ccc(Cl)cc1. The molecule has 1 aromatic heterocycles. The Bertz CT molecular complexity index is 600. The molecule has 2 aromatic rings. The number of pyridine rings is 1. The van der Waals surface area contributed by atoms with Crippen LogP contribution >= 0.6 is 23.4 Å². The van der Waals surface area contributed by atoms with Crippen LogP contribution in [0.5, 0.6) is 0 Å². The molecule has 116 valence electrons. The summed E-state index contributed by atoms with van der Waals surface area (Å²) in [5.74, 6) is 1.24. The van der Waals surface area contributed by atoms with Crippen LogP contribution in [0.4, 0.5) is 5.69 Å². The molecule has 5 heteroatoms. The summed E-state index contributed by atoms with van der Waals surface area (Å²) in [5, 5.41) is 1.41. The largest absolute Gasteiger partial charge is 0.473 e. The molecule has 0 atom stereocenters. The summed E-state index contributed by atoms with van der Waals surface area (Å²) in [7, 11) is 0. The molecule has 3 nitrogen and oxygen atoms in total. The highest BCUT2D eigenvalue weighted by Crippen LogP contribution is 2.20. The number of aromatic nitrogens is 1. The van der Waals surface area contributed by atoms with Crippen molar-refractivity contribution in [1.29, 1.82) is 0 Å². The summed E-state index contributed by atoms with van der Waals surface area (Å²) in [6.45, 7) is 4.88. The van der Waals surface area contributed by atoms with E-state index in [1.807, 2.05) is 36.4 Å². The number of rotatable bonds is 5. The Morgan fingerprint density at radius 3 is 2.68 bits per heavy atom. The van der Waals surface area contributed by atoms with Crippen molar-refractivity contribution < 1.29 is 4.74 Å². The fourth-order valence-electron chi connectivity index (χ4n) is 1.60. The number of hydrogen-bond acceptors (Lipinski definition) is 4. The van der Waals surface area contributed by atoms with Crippen molar-refractivity contribution in [3.8, 4) is 0 Å². The Balaban J connectivity index is 2.04. The van der Waals surface area contributed by atoms with Gasteiger partial charge in [0.1, 0.15) is 0 Å². The molecular formula is C17H19ClN2OS. The molecule has 0 bridgehead atoms. The summed E-state index contributed by atoms with van der Waals surface area (Å²) < 4.78 is 5.81. The summed E-state index contributed by atoms with van der Waals surface area (Å²) in [4.78, 5) is 8.61. The van der Waals surface area contributed by atoms with Crippen LogP contribution < -0.4 is 0 Å². The van der Waals surface area contributed by atoms with Gasteiger partial charge in [-0.2, -0.15) is 0 Å². The summed E-state index contributed by atoms with van der Waals surface area (Å²) in [6, 6.07) is 11.6. The molecule has 0 fully saturated rings. The predicted octanol–water partition coefficient (Wildman–Crippen LogP) is 5.33. The standard InChI is InChI=1S/C17H19ClN2OS/c1-13(2)11-21-17(20-16-4-3-9-19-10-16)22-12-14-5-7-15(18)8-6-14/h3-10,13H,11-12H2,1-2H3. The summed E-state index contributed by atoms with van der Waals surface area (Å²) in [5.41, 5.74) is 1.98. The molecule has 1 heterocycles. The number of thioether (sulfide) groups is 1. The smallest absolute Gasteiger partial charge is 0.251 e. The Morgan fingerprint density at radius 2 is 2.05 bits per heavy atom. The second-order valence-corrected chi connectivity index (χ2v) is 6.57. The first-order valence-electron chi connectivity index (χ1n) is 7.12. The molecule has 0 amide bonds. The van der Waals surface area contributed by atoms with Gasteiger partial charge in [0.2, 0.25) is 0 Å². The van der Waals surface area contributed by atoms with Crippen LogP contribution in [0, 0.1) is 5.92 Å². The van der Waals surface area contributed by atoms with Gasteiger partial charge in [-0.3, -0.25) is 4.98 Å². The predicted molar refractivity (Wildman–Crippen MR) is 94.9 cm³/mol. The van der Waals surface area contributed by atoms with Gasteiger partial charge in [0.05, 0.1) is 18.5 Å². The second-order valence-electron chi connectivity index (χ2n) is 5.21. The van der Waals surface area contributed by atoms with Gasteiger partial charge < -0.3 is 4.74 Å². The molecule has 2 rings (SSSR count). The van der Waals surface area contributed by atoms with Crippen molar-refractivity contribution in [2.45, 2.75) is 19.6 Å². The van der Waals surface area contributed by atoms with Crippen molar-refractivity contribution in [2.24, 2.45) is 10.9 Å². The van der Waals surface area contributed by atoms with E-state index in [1.165, 1.54) is 5.56 Å². The van der Waals surface area contributed by atoms with Crippen LogP contribution in [0.3, 0.4) is 0 Å². The van der Waals surface area contributed by atoms with E-state index in [1.54, 1.807) is 24.2 Å². The molecule has 0 N–H and O–H groups in total. The summed E-state index contributed by atoms with van der Waals surface area (Å²) in [6.07, 6.45) is 3.45. The highest BCUT2D eigenvalue weighted by molar-refractivity contribution is 8.12. The van der Waals surface area contributed by atoms with E-state index in [9.17, 15) is 0 Å². The first-order valence-corrected chi connectivity index (χ1v) is 8.48. The first kappa shape index (κ1) is 16.8. The maximum atomic E-state index is 5.90. The molecule has 22 heavy (non-hydrogen) atoms. The Morgan fingerprint density at radius 1 is 1.27 bits per heavy atom. The maximum absolute atomic E-state index is 5.90. The molecule has 0 saturated carbocycles. The van der Waals surface area contributed by atoms with E-state index < -0.39 is 0 Å². The lowest BCUT2D eigenvalue weighted by molar-refractivity contribution is 0.267. The Hall–Kier alpha value is -1.52. The van der Waals surface area contributed by atoms with Gasteiger partial charge in [0.25, 0.3) is 5.23 Å². The van der Waals surface area contributed by atoms with Gasteiger partial charge in [-0.25, -0.2) is 4.99 Å². The molecular weight excluding hydrogens is 316 g/mol. The van der Waals surface area contributed by atoms with Crippen molar-refractivity contribution in [2.75, 3.05) is 6.61 Å². The fraction of sp³-hybridized carbons (Fsp3) is 0.294. The number of ether oxygens (including phenoxy) is 1. The lowest BCUT2D eigenvalue weighted by Gasteiger charge is -2.11. The zero-order valence-electron chi connectivity index (χ0n) is 12.7. The van der Waals surface area contributed by atoms with E-state index in [4.69, 9.17) is 16.3 Å². The minimum atomic E-state index is 0.454. The molecule has 0 unspecified atom stereocenters. The number of nitrogens with zero attached hydrogens (tertiary/aromatic N) is 2. The van der Waals surface area contributed by atoms with E-state index in [0.29, 0.717) is 17.8 Å². The zero-order chi connectivity index (χ0) is 15.8. The zero-order valence-corrected chi connectivity index (χ0v) is 14.3. The highest BCUT2D eigenvalue weighted by Gasteiger charge is 2.06. The van der Waals surface area contributed by atoms with E-state index >= 15 is 0 Å². The van der Waals surface area contributed by atoms with Gasteiger partial charge in [-0.05, 0) is 35.7 Å². The van der Waals surface area contributed by atoms with Crippen LogP contribution in [0.1, 0.15) is 19.4 Å². The molecule has 0 aliphatic carbocycles.